The second-order valence-electron chi connectivity index (χ2n) is 5.77. The molecule has 1 fully saturated rings. The number of carbonyl (C=O) groups excluding carboxylic acids is 3. The third kappa shape index (κ3) is 5.73. The number of hydrogen-bond donors (Lipinski definition) is 2. The zero-order chi connectivity index (χ0) is 16.7. The van der Waals surface area contributed by atoms with E-state index < -0.39 is 24.5 Å². The fourth-order valence-corrected chi connectivity index (χ4v) is 2.62. The molecular formula is C17H22N2O4. The lowest BCUT2D eigenvalue weighted by molar-refractivity contribution is -0.147. The molecule has 0 heterocycles. The first kappa shape index (κ1) is 17.0. The van der Waals surface area contributed by atoms with Gasteiger partial charge in [-0.3, -0.25) is 14.9 Å². The van der Waals surface area contributed by atoms with Gasteiger partial charge in [-0.15, -0.1) is 0 Å². The first-order valence-corrected chi connectivity index (χ1v) is 7.85. The zero-order valence-electron chi connectivity index (χ0n) is 13.3. The number of urea groups is 1. The van der Waals surface area contributed by atoms with Gasteiger partial charge < -0.3 is 10.1 Å². The van der Waals surface area contributed by atoms with Crippen LogP contribution in [0.15, 0.2) is 24.3 Å². The Morgan fingerprint density at radius 3 is 2.57 bits per heavy atom. The Hall–Kier alpha value is -2.37. The van der Waals surface area contributed by atoms with Crippen LogP contribution in [0.1, 0.15) is 36.8 Å². The van der Waals surface area contributed by atoms with Gasteiger partial charge in [0.1, 0.15) is 0 Å². The lowest BCUT2D eigenvalue weighted by atomic mass is 10.1. The first-order valence-electron chi connectivity index (χ1n) is 7.85. The Balaban J connectivity index is 1.68. The topological polar surface area (TPSA) is 84.5 Å². The van der Waals surface area contributed by atoms with Crippen LogP contribution in [0.3, 0.4) is 0 Å². The second kappa shape index (κ2) is 8.31. The monoisotopic (exact) mass is 318 g/mol. The highest BCUT2D eigenvalue weighted by Crippen LogP contribution is 2.17. The Labute approximate surface area is 135 Å². The minimum atomic E-state index is -0.626. The Kier molecular flexibility index (Phi) is 6.14. The van der Waals surface area contributed by atoms with Crippen LogP contribution in [-0.4, -0.2) is 30.6 Å². The average Bonchev–Trinajstić information content (AvgIpc) is 3.00. The minimum Gasteiger partial charge on any atom is -0.455 e. The van der Waals surface area contributed by atoms with Gasteiger partial charge in [-0.1, -0.05) is 37.1 Å². The van der Waals surface area contributed by atoms with Gasteiger partial charge in [-0.2, -0.15) is 0 Å². The van der Waals surface area contributed by atoms with E-state index >= 15 is 0 Å². The molecule has 0 aromatic heterocycles. The summed E-state index contributed by atoms with van der Waals surface area (Å²) in [5.41, 5.74) is 1.85. The average molecular weight is 318 g/mol. The van der Waals surface area contributed by atoms with Crippen molar-refractivity contribution in [1.29, 1.82) is 0 Å². The second-order valence-corrected chi connectivity index (χ2v) is 5.77. The zero-order valence-corrected chi connectivity index (χ0v) is 13.3. The van der Waals surface area contributed by atoms with E-state index in [2.05, 4.69) is 10.6 Å². The molecule has 1 aromatic carbocycles. The van der Waals surface area contributed by atoms with Gasteiger partial charge in [0.25, 0.3) is 5.91 Å². The van der Waals surface area contributed by atoms with Crippen LogP contribution in [-0.2, 0) is 20.7 Å². The van der Waals surface area contributed by atoms with Crippen molar-refractivity contribution >= 4 is 17.9 Å². The molecule has 2 N–H and O–H groups in total. The van der Waals surface area contributed by atoms with Gasteiger partial charge in [-0.05, 0) is 30.9 Å². The van der Waals surface area contributed by atoms with Crippen molar-refractivity contribution in [3.8, 4) is 0 Å². The molecule has 0 saturated heterocycles. The molecule has 1 aliphatic rings. The van der Waals surface area contributed by atoms with Crippen LogP contribution in [0.2, 0.25) is 0 Å². The highest BCUT2D eigenvalue weighted by atomic mass is 16.5. The summed E-state index contributed by atoms with van der Waals surface area (Å²) in [6.07, 6.45) is 4.17. The van der Waals surface area contributed by atoms with E-state index in [0.717, 1.165) is 36.8 Å². The Bertz CT molecular complexity index is 580. The third-order valence-electron chi connectivity index (χ3n) is 3.90. The van der Waals surface area contributed by atoms with E-state index in [0.29, 0.717) is 0 Å². The number of benzene rings is 1. The molecule has 0 bridgehead atoms. The highest BCUT2D eigenvalue weighted by molar-refractivity contribution is 5.95. The van der Waals surface area contributed by atoms with Gasteiger partial charge in [-0.25, -0.2) is 4.79 Å². The molecule has 0 spiro atoms. The quantitative estimate of drug-likeness (QED) is 0.812. The van der Waals surface area contributed by atoms with Crippen LogP contribution < -0.4 is 10.6 Å². The van der Waals surface area contributed by atoms with Gasteiger partial charge in [0, 0.05) is 6.04 Å². The molecule has 1 aliphatic carbocycles. The summed E-state index contributed by atoms with van der Waals surface area (Å²) in [6, 6.07) is 7.08. The van der Waals surface area contributed by atoms with Crippen LogP contribution in [0.5, 0.6) is 0 Å². The van der Waals surface area contributed by atoms with Crippen LogP contribution >= 0.6 is 0 Å². The van der Waals surface area contributed by atoms with Crippen molar-refractivity contribution < 1.29 is 19.1 Å². The summed E-state index contributed by atoms with van der Waals surface area (Å²) < 4.78 is 4.90. The molecule has 0 atom stereocenters. The maximum Gasteiger partial charge on any atom is 0.321 e. The summed E-state index contributed by atoms with van der Waals surface area (Å²) in [5.74, 6) is -1.12. The SMILES string of the molecule is Cc1ccccc1CC(=O)OCC(=O)NC(=O)NC1CCCC1. The minimum absolute atomic E-state index is 0.105. The maximum absolute atomic E-state index is 11.7. The summed E-state index contributed by atoms with van der Waals surface area (Å²) >= 11 is 0. The number of amides is 3. The molecule has 6 nitrogen and oxygen atoms in total. The number of esters is 1. The van der Waals surface area contributed by atoms with Gasteiger partial charge in [0.15, 0.2) is 6.61 Å². The lowest BCUT2D eigenvalue weighted by Gasteiger charge is -2.12. The lowest BCUT2D eigenvalue weighted by Crippen LogP contribution is -2.45. The number of ether oxygens (including phenoxy) is 1. The van der Waals surface area contributed by atoms with Crippen molar-refractivity contribution in [2.75, 3.05) is 6.61 Å². The van der Waals surface area contributed by atoms with E-state index in [1.807, 2.05) is 31.2 Å². The standard InChI is InChI=1S/C17H22N2O4/c1-12-6-2-3-7-13(12)10-16(21)23-11-15(20)19-17(22)18-14-8-4-5-9-14/h2-3,6-7,14H,4-5,8-11H2,1H3,(H2,18,19,20,22). The van der Waals surface area contributed by atoms with Crippen molar-refractivity contribution in [3.63, 3.8) is 0 Å². The van der Waals surface area contributed by atoms with Crippen LogP contribution in [0.25, 0.3) is 0 Å². The molecule has 3 amide bonds. The van der Waals surface area contributed by atoms with Gasteiger partial charge in [0.05, 0.1) is 6.42 Å². The Morgan fingerprint density at radius 1 is 1.17 bits per heavy atom. The molecule has 124 valence electrons. The number of aryl methyl sites for hydroxylation is 1. The van der Waals surface area contributed by atoms with Crippen LogP contribution in [0, 0.1) is 6.92 Å². The molecule has 0 radical (unpaired) electrons. The van der Waals surface area contributed by atoms with Crippen LogP contribution in [0.4, 0.5) is 4.79 Å². The smallest absolute Gasteiger partial charge is 0.321 e. The number of hydrogen-bond acceptors (Lipinski definition) is 4. The molecule has 1 aromatic rings. The van der Waals surface area contributed by atoms with E-state index in [4.69, 9.17) is 4.74 Å². The predicted octanol–water partition coefficient (Wildman–Crippen LogP) is 1.85. The van der Waals surface area contributed by atoms with Crippen molar-refractivity contribution in [2.45, 2.75) is 45.1 Å². The summed E-state index contributed by atoms with van der Waals surface area (Å²) in [5, 5.41) is 4.90. The van der Waals surface area contributed by atoms with Crippen molar-refractivity contribution in [3.05, 3.63) is 35.4 Å². The molecule has 2 rings (SSSR count). The van der Waals surface area contributed by atoms with E-state index in [-0.39, 0.29) is 12.5 Å². The van der Waals surface area contributed by atoms with E-state index in [9.17, 15) is 14.4 Å². The molecule has 0 unspecified atom stereocenters. The van der Waals surface area contributed by atoms with E-state index in [1.54, 1.807) is 0 Å². The summed E-state index contributed by atoms with van der Waals surface area (Å²) in [6.45, 7) is 1.45. The third-order valence-corrected chi connectivity index (χ3v) is 3.90. The number of nitrogens with one attached hydrogen (secondary N) is 2. The van der Waals surface area contributed by atoms with Gasteiger partial charge >= 0.3 is 12.0 Å². The number of rotatable bonds is 5. The number of carbonyl (C=O) groups is 3. The first-order chi connectivity index (χ1) is 11.0. The fourth-order valence-electron chi connectivity index (χ4n) is 2.62. The summed E-state index contributed by atoms with van der Waals surface area (Å²) in [7, 11) is 0. The summed E-state index contributed by atoms with van der Waals surface area (Å²) in [4.78, 5) is 34.9. The van der Waals surface area contributed by atoms with Crippen molar-refractivity contribution in [1.82, 2.24) is 10.6 Å². The number of imide groups is 1. The van der Waals surface area contributed by atoms with Crippen molar-refractivity contribution in [2.24, 2.45) is 0 Å². The molecule has 6 heteroatoms. The highest BCUT2D eigenvalue weighted by Gasteiger charge is 2.18. The molecule has 23 heavy (non-hydrogen) atoms. The van der Waals surface area contributed by atoms with Gasteiger partial charge in [0.2, 0.25) is 0 Å². The molecule has 1 saturated carbocycles. The predicted molar refractivity (Wildman–Crippen MR) is 84.8 cm³/mol. The fraction of sp³-hybridized carbons (Fsp3) is 0.471. The maximum atomic E-state index is 11.7. The van der Waals surface area contributed by atoms with E-state index in [1.165, 1.54) is 0 Å². The largest absolute Gasteiger partial charge is 0.455 e. The normalized spacial score (nSPS) is 14.3. The Morgan fingerprint density at radius 2 is 1.87 bits per heavy atom. The molecule has 0 aliphatic heterocycles. The molecular weight excluding hydrogens is 296 g/mol.